The molecule has 0 saturated carbocycles. The Labute approximate surface area is 92.6 Å². The van der Waals surface area contributed by atoms with Gasteiger partial charge in [0, 0.05) is 6.07 Å². The van der Waals surface area contributed by atoms with Crippen LogP contribution in [0.1, 0.15) is 0 Å². The first kappa shape index (κ1) is 9.19. The van der Waals surface area contributed by atoms with Gasteiger partial charge in [-0.15, -0.1) is 0 Å². The molecule has 0 atom stereocenters. The Morgan fingerprint density at radius 1 is 0.875 bits per heavy atom. The first-order chi connectivity index (χ1) is 7.86. The molecule has 3 rings (SSSR count). The third-order valence-electron chi connectivity index (χ3n) is 2.69. The van der Waals surface area contributed by atoms with E-state index in [9.17, 15) is 0 Å². The molecule has 0 fully saturated rings. The molecule has 77 valence electrons. The summed E-state index contributed by atoms with van der Waals surface area (Å²) >= 11 is 0. The topological polar surface area (TPSA) is 29.5 Å². The molecule has 0 saturated heterocycles. The van der Waals surface area contributed by atoms with Crippen molar-refractivity contribution in [1.29, 1.82) is 0 Å². The fourth-order valence-corrected chi connectivity index (χ4v) is 1.90. The molecule has 0 aliphatic rings. The quantitative estimate of drug-likeness (QED) is 0.376. The summed E-state index contributed by atoms with van der Waals surface area (Å²) in [6.07, 6.45) is 0. The highest BCUT2D eigenvalue weighted by Gasteiger charge is 2.00. The third kappa shape index (κ3) is 1.40. The van der Waals surface area contributed by atoms with Crippen LogP contribution >= 0.6 is 0 Å². The van der Waals surface area contributed by atoms with Crippen LogP contribution in [0.3, 0.4) is 0 Å². The normalized spacial score (nSPS) is 10.8. The van der Waals surface area contributed by atoms with Crippen LogP contribution in [0.5, 0.6) is 5.75 Å². The molecule has 0 bridgehead atoms. The van der Waals surface area contributed by atoms with Crippen molar-refractivity contribution in [2.75, 3.05) is 0 Å². The molecular formula is C14H9O2. The first-order valence-corrected chi connectivity index (χ1v) is 5.03. The molecule has 1 N–H and O–H groups in total. The molecule has 0 aliphatic heterocycles. The predicted octanol–water partition coefficient (Wildman–Crippen LogP) is 3.64. The van der Waals surface area contributed by atoms with E-state index >= 15 is 0 Å². The summed E-state index contributed by atoms with van der Waals surface area (Å²) in [4.78, 5) is 4.18. The van der Waals surface area contributed by atoms with Gasteiger partial charge in [-0.1, -0.05) is 30.3 Å². The molecule has 1 radical (unpaired) electrons. The zero-order chi connectivity index (χ0) is 11.0. The molecule has 0 aromatic heterocycles. The SMILES string of the molecule is OOc1[c]c2cc3ccccc3cc2cc1. The van der Waals surface area contributed by atoms with Crippen molar-refractivity contribution >= 4 is 21.5 Å². The van der Waals surface area contributed by atoms with Crippen molar-refractivity contribution in [3.63, 3.8) is 0 Å². The van der Waals surface area contributed by atoms with Crippen molar-refractivity contribution in [3.05, 3.63) is 54.6 Å². The van der Waals surface area contributed by atoms with Gasteiger partial charge in [0.25, 0.3) is 0 Å². The maximum atomic E-state index is 8.58. The lowest BCUT2D eigenvalue weighted by Crippen LogP contribution is -1.84. The van der Waals surface area contributed by atoms with Crippen molar-refractivity contribution in [2.24, 2.45) is 0 Å². The minimum atomic E-state index is 0.336. The average Bonchev–Trinajstić information content (AvgIpc) is 2.35. The maximum Gasteiger partial charge on any atom is 0.173 e. The Morgan fingerprint density at radius 2 is 1.62 bits per heavy atom. The predicted molar refractivity (Wildman–Crippen MR) is 63.5 cm³/mol. The summed E-state index contributed by atoms with van der Waals surface area (Å²) in [6.45, 7) is 0. The number of rotatable bonds is 1. The van der Waals surface area contributed by atoms with Gasteiger partial charge in [-0.05, 0) is 39.7 Å². The molecule has 3 aromatic carbocycles. The molecule has 0 spiro atoms. The van der Waals surface area contributed by atoms with Crippen LogP contribution in [-0.4, -0.2) is 5.26 Å². The fraction of sp³-hybridized carbons (Fsp3) is 0. The minimum absolute atomic E-state index is 0.336. The second-order valence-corrected chi connectivity index (χ2v) is 3.70. The molecule has 3 aromatic rings. The van der Waals surface area contributed by atoms with E-state index in [1.807, 2.05) is 24.3 Å². The monoisotopic (exact) mass is 209 g/mol. The van der Waals surface area contributed by atoms with Crippen LogP contribution in [0.25, 0.3) is 21.5 Å². The average molecular weight is 209 g/mol. The van der Waals surface area contributed by atoms with E-state index in [0.29, 0.717) is 5.75 Å². The zero-order valence-corrected chi connectivity index (χ0v) is 8.47. The van der Waals surface area contributed by atoms with Crippen molar-refractivity contribution in [3.8, 4) is 5.75 Å². The Kier molecular flexibility index (Phi) is 2.01. The van der Waals surface area contributed by atoms with Gasteiger partial charge in [0.1, 0.15) is 0 Å². The van der Waals surface area contributed by atoms with E-state index in [-0.39, 0.29) is 0 Å². The zero-order valence-electron chi connectivity index (χ0n) is 8.47. The number of fused-ring (bicyclic) bond motifs is 2. The highest BCUT2D eigenvalue weighted by molar-refractivity contribution is 5.98. The summed E-state index contributed by atoms with van der Waals surface area (Å²) < 4.78 is 0. The second kappa shape index (κ2) is 3.51. The van der Waals surface area contributed by atoms with E-state index in [1.165, 1.54) is 5.39 Å². The molecule has 0 aliphatic carbocycles. The third-order valence-corrected chi connectivity index (χ3v) is 2.69. The van der Waals surface area contributed by atoms with Gasteiger partial charge in [0.15, 0.2) is 5.75 Å². The lowest BCUT2D eigenvalue weighted by molar-refractivity contribution is -0.137. The second-order valence-electron chi connectivity index (χ2n) is 3.70. The smallest absolute Gasteiger partial charge is 0.173 e. The van der Waals surface area contributed by atoms with Crippen LogP contribution < -0.4 is 4.89 Å². The van der Waals surface area contributed by atoms with E-state index in [2.05, 4.69) is 29.2 Å². The molecule has 16 heavy (non-hydrogen) atoms. The highest BCUT2D eigenvalue weighted by Crippen LogP contribution is 2.25. The molecular weight excluding hydrogens is 200 g/mol. The van der Waals surface area contributed by atoms with Gasteiger partial charge in [0.05, 0.1) is 0 Å². The Morgan fingerprint density at radius 3 is 2.38 bits per heavy atom. The van der Waals surface area contributed by atoms with E-state index < -0.39 is 0 Å². The van der Waals surface area contributed by atoms with Crippen LogP contribution in [0, 0.1) is 6.07 Å². The molecule has 0 amide bonds. The summed E-state index contributed by atoms with van der Waals surface area (Å²) in [5.74, 6) is 0.336. The summed E-state index contributed by atoms with van der Waals surface area (Å²) in [5.41, 5.74) is 0. The van der Waals surface area contributed by atoms with Gasteiger partial charge >= 0.3 is 0 Å². The summed E-state index contributed by atoms with van der Waals surface area (Å²) in [7, 11) is 0. The number of benzene rings is 3. The lowest BCUT2D eigenvalue weighted by Gasteiger charge is -2.03. The fourth-order valence-electron chi connectivity index (χ4n) is 1.90. The van der Waals surface area contributed by atoms with Gasteiger partial charge in [-0.25, -0.2) is 5.26 Å². The summed E-state index contributed by atoms with van der Waals surface area (Å²) in [6, 6.07) is 18.9. The van der Waals surface area contributed by atoms with Crippen molar-refractivity contribution < 1.29 is 10.1 Å². The first-order valence-electron chi connectivity index (χ1n) is 5.03. The number of hydrogen-bond donors (Lipinski definition) is 1. The molecule has 2 nitrogen and oxygen atoms in total. The lowest BCUT2D eigenvalue weighted by atomic mass is 10.0. The Hall–Kier alpha value is -2.06. The van der Waals surface area contributed by atoms with E-state index in [0.717, 1.165) is 16.2 Å². The van der Waals surface area contributed by atoms with Crippen LogP contribution in [-0.2, 0) is 0 Å². The van der Waals surface area contributed by atoms with Crippen LogP contribution in [0.2, 0.25) is 0 Å². The molecule has 0 unspecified atom stereocenters. The van der Waals surface area contributed by atoms with Crippen molar-refractivity contribution in [1.82, 2.24) is 0 Å². The standard InChI is InChI=1S/C14H9O2/c15-16-14-6-5-12-7-10-3-1-2-4-11(10)8-13(12)9-14/h1-8,15H. The van der Waals surface area contributed by atoms with Gasteiger partial charge < -0.3 is 4.89 Å². The van der Waals surface area contributed by atoms with Crippen LogP contribution in [0.15, 0.2) is 48.5 Å². The minimum Gasteiger partial charge on any atom is -0.340 e. The van der Waals surface area contributed by atoms with E-state index in [1.54, 1.807) is 6.07 Å². The Bertz CT molecular complexity index is 659. The highest BCUT2D eigenvalue weighted by atomic mass is 17.1. The Balaban J connectivity index is 2.37. The summed E-state index contributed by atoms with van der Waals surface area (Å²) in [5, 5.41) is 12.9. The van der Waals surface area contributed by atoms with Gasteiger partial charge in [-0.2, -0.15) is 0 Å². The van der Waals surface area contributed by atoms with Gasteiger partial charge in [-0.3, -0.25) is 0 Å². The van der Waals surface area contributed by atoms with Gasteiger partial charge in [0.2, 0.25) is 0 Å². The van der Waals surface area contributed by atoms with Crippen LogP contribution in [0.4, 0.5) is 0 Å². The van der Waals surface area contributed by atoms with E-state index in [4.69, 9.17) is 5.26 Å². The molecule has 0 heterocycles. The largest absolute Gasteiger partial charge is 0.340 e. The number of hydrogen-bond acceptors (Lipinski definition) is 2. The molecule has 2 heteroatoms. The van der Waals surface area contributed by atoms with Crippen molar-refractivity contribution in [2.45, 2.75) is 0 Å². The maximum absolute atomic E-state index is 8.58.